The summed E-state index contributed by atoms with van der Waals surface area (Å²) in [4.78, 5) is 19.7. The third-order valence-corrected chi connectivity index (χ3v) is 6.05. The number of nitrogens with one attached hydrogen (secondary N) is 1. The van der Waals surface area contributed by atoms with E-state index in [-0.39, 0.29) is 11.8 Å². The number of anilines is 2. The lowest BCUT2D eigenvalue weighted by atomic mass is 9.97. The molecule has 2 aromatic carbocycles. The first-order valence-corrected chi connectivity index (χ1v) is 10.0. The Morgan fingerprint density at radius 3 is 2.85 bits per heavy atom. The molecule has 1 amide bonds. The van der Waals surface area contributed by atoms with Gasteiger partial charge in [-0.15, -0.1) is 0 Å². The third-order valence-electron chi connectivity index (χ3n) is 4.97. The number of nitrogens with zero attached hydrogens (tertiary/aromatic N) is 2. The number of amides is 1. The van der Waals surface area contributed by atoms with Crippen LogP contribution in [0.5, 0.6) is 5.75 Å². The minimum absolute atomic E-state index is 0.0263. The molecule has 4 rings (SSSR count). The fourth-order valence-electron chi connectivity index (χ4n) is 3.40. The number of fused-ring (bicyclic) bond motifs is 1. The number of hydrogen-bond acceptors (Lipinski definition) is 5. The van der Waals surface area contributed by atoms with Crippen molar-refractivity contribution < 1.29 is 9.53 Å². The zero-order chi connectivity index (χ0) is 18.8. The van der Waals surface area contributed by atoms with Crippen molar-refractivity contribution in [2.45, 2.75) is 19.8 Å². The number of benzene rings is 2. The molecule has 2 heterocycles. The summed E-state index contributed by atoms with van der Waals surface area (Å²) in [6, 6.07) is 13.9. The summed E-state index contributed by atoms with van der Waals surface area (Å²) in [6.45, 7) is 3.68. The van der Waals surface area contributed by atoms with E-state index in [1.54, 1.807) is 18.4 Å². The maximum Gasteiger partial charge on any atom is 0.229 e. The van der Waals surface area contributed by atoms with Gasteiger partial charge in [-0.3, -0.25) is 4.79 Å². The Bertz CT molecular complexity index is 952. The molecule has 3 aromatic rings. The maximum atomic E-state index is 12.7. The van der Waals surface area contributed by atoms with Crippen LogP contribution >= 0.6 is 11.3 Å². The standard InChI is InChI=1S/C21H23N3O2S/c1-14-5-7-16(8-6-14)22-20(25)15-4-3-11-24(13-15)21-23-18-10-9-17(26-2)12-19(18)27-21/h5-10,12,15H,3-4,11,13H2,1-2H3,(H,22,25). The minimum Gasteiger partial charge on any atom is -0.497 e. The topological polar surface area (TPSA) is 54.5 Å². The van der Waals surface area contributed by atoms with E-state index in [0.29, 0.717) is 6.54 Å². The molecule has 27 heavy (non-hydrogen) atoms. The molecule has 1 aliphatic heterocycles. The summed E-state index contributed by atoms with van der Waals surface area (Å²) in [6.07, 6.45) is 1.90. The molecule has 1 aromatic heterocycles. The van der Waals surface area contributed by atoms with Crippen LogP contribution in [0.15, 0.2) is 42.5 Å². The van der Waals surface area contributed by atoms with Crippen LogP contribution in [-0.2, 0) is 4.79 Å². The highest BCUT2D eigenvalue weighted by molar-refractivity contribution is 7.22. The smallest absolute Gasteiger partial charge is 0.229 e. The summed E-state index contributed by atoms with van der Waals surface area (Å²) in [7, 11) is 1.67. The van der Waals surface area contributed by atoms with E-state index >= 15 is 0 Å². The van der Waals surface area contributed by atoms with Crippen LogP contribution in [0.2, 0.25) is 0 Å². The molecule has 0 bridgehead atoms. The van der Waals surface area contributed by atoms with E-state index in [0.717, 1.165) is 46.2 Å². The second kappa shape index (κ2) is 7.56. The monoisotopic (exact) mass is 381 g/mol. The summed E-state index contributed by atoms with van der Waals surface area (Å²) >= 11 is 1.66. The molecule has 1 saturated heterocycles. The van der Waals surface area contributed by atoms with E-state index < -0.39 is 0 Å². The molecular formula is C21H23N3O2S. The average molecular weight is 382 g/mol. The van der Waals surface area contributed by atoms with Gasteiger partial charge in [0.25, 0.3) is 0 Å². The molecule has 1 atom stereocenters. The molecule has 1 aliphatic rings. The largest absolute Gasteiger partial charge is 0.497 e. The number of ether oxygens (including phenoxy) is 1. The van der Waals surface area contributed by atoms with Crippen LogP contribution in [0.4, 0.5) is 10.8 Å². The quantitative estimate of drug-likeness (QED) is 0.724. The highest BCUT2D eigenvalue weighted by Crippen LogP contribution is 2.33. The number of piperidine rings is 1. The molecule has 1 unspecified atom stereocenters. The third kappa shape index (κ3) is 3.90. The fourth-order valence-corrected chi connectivity index (χ4v) is 4.43. The lowest BCUT2D eigenvalue weighted by molar-refractivity contribution is -0.120. The fraction of sp³-hybridized carbons (Fsp3) is 0.333. The predicted molar refractivity (Wildman–Crippen MR) is 111 cm³/mol. The predicted octanol–water partition coefficient (Wildman–Crippen LogP) is 4.47. The van der Waals surface area contributed by atoms with Crippen molar-refractivity contribution in [2.24, 2.45) is 5.92 Å². The first-order valence-electron chi connectivity index (χ1n) is 9.19. The molecule has 0 aliphatic carbocycles. The molecule has 1 N–H and O–H groups in total. The second-order valence-corrected chi connectivity index (χ2v) is 7.98. The highest BCUT2D eigenvalue weighted by Gasteiger charge is 2.27. The average Bonchev–Trinajstić information content (AvgIpc) is 3.13. The summed E-state index contributed by atoms with van der Waals surface area (Å²) < 4.78 is 6.41. The van der Waals surface area contributed by atoms with Gasteiger partial charge in [0, 0.05) is 18.8 Å². The molecule has 140 valence electrons. The van der Waals surface area contributed by atoms with Crippen LogP contribution in [0.25, 0.3) is 10.2 Å². The summed E-state index contributed by atoms with van der Waals surface area (Å²) in [5, 5.41) is 4.03. The van der Waals surface area contributed by atoms with Crippen molar-refractivity contribution in [1.29, 1.82) is 0 Å². The SMILES string of the molecule is COc1ccc2nc(N3CCCC(C(=O)Nc4ccc(C)cc4)C3)sc2c1. The van der Waals surface area contributed by atoms with Crippen LogP contribution in [0.3, 0.4) is 0 Å². The van der Waals surface area contributed by atoms with Crippen molar-refractivity contribution in [1.82, 2.24) is 4.98 Å². The van der Waals surface area contributed by atoms with Gasteiger partial charge in [-0.1, -0.05) is 29.0 Å². The Balaban J connectivity index is 1.47. The van der Waals surface area contributed by atoms with E-state index in [1.165, 1.54) is 5.56 Å². The van der Waals surface area contributed by atoms with Gasteiger partial charge in [0.05, 0.1) is 23.2 Å². The van der Waals surface area contributed by atoms with Crippen LogP contribution in [-0.4, -0.2) is 31.1 Å². The van der Waals surface area contributed by atoms with E-state index in [1.807, 2.05) is 49.4 Å². The first-order chi connectivity index (χ1) is 13.1. The molecule has 0 spiro atoms. The Kier molecular flexibility index (Phi) is 4.99. The van der Waals surface area contributed by atoms with Gasteiger partial charge >= 0.3 is 0 Å². The van der Waals surface area contributed by atoms with Crippen LogP contribution in [0.1, 0.15) is 18.4 Å². The van der Waals surface area contributed by atoms with Crippen molar-refractivity contribution in [3.8, 4) is 5.75 Å². The molecule has 5 nitrogen and oxygen atoms in total. The normalized spacial score (nSPS) is 17.1. The van der Waals surface area contributed by atoms with Gasteiger partial charge in [0.15, 0.2) is 5.13 Å². The number of carbonyl (C=O) groups excluding carboxylic acids is 1. The van der Waals surface area contributed by atoms with Crippen LogP contribution in [0, 0.1) is 12.8 Å². The van der Waals surface area contributed by atoms with E-state index in [4.69, 9.17) is 9.72 Å². The van der Waals surface area contributed by atoms with Gasteiger partial charge in [-0.25, -0.2) is 4.98 Å². The molecule has 1 fully saturated rings. The van der Waals surface area contributed by atoms with Crippen molar-refractivity contribution in [3.05, 3.63) is 48.0 Å². The zero-order valence-corrected chi connectivity index (χ0v) is 16.4. The van der Waals surface area contributed by atoms with Gasteiger partial charge in [-0.05, 0) is 50.1 Å². The Morgan fingerprint density at radius 2 is 2.07 bits per heavy atom. The number of aryl methyl sites for hydroxylation is 1. The second-order valence-electron chi connectivity index (χ2n) is 6.97. The molecular weight excluding hydrogens is 358 g/mol. The van der Waals surface area contributed by atoms with Gasteiger partial charge in [0.1, 0.15) is 5.75 Å². The van der Waals surface area contributed by atoms with Gasteiger partial charge in [-0.2, -0.15) is 0 Å². The number of thiazole rings is 1. The lowest BCUT2D eigenvalue weighted by Gasteiger charge is -2.31. The number of rotatable bonds is 4. The van der Waals surface area contributed by atoms with Crippen molar-refractivity contribution in [2.75, 3.05) is 30.4 Å². The molecule has 0 radical (unpaired) electrons. The van der Waals surface area contributed by atoms with Crippen molar-refractivity contribution >= 4 is 38.3 Å². The zero-order valence-electron chi connectivity index (χ0n) is 15.6. The van der Waals surface area contributed by atoms with E-state index in [2.05, 4.69) is 10.2 Å². The lowest BCUT2D eigenvalue weighted by Crippen LogP contribution is -2.40. The number of hydrogen-bond donors (Lipinski definition) is 1. The minimum atomic E-state index is -0.0263. The number of aromatic nitrogens is 1. The number of carbonyl (C=O) groups is 1. The van der Waals surface area contributed by atoms with Crippen molar-refractivity contribution in [3.63, 3.8) is 0 Å². The molecule has 0 saturated carbocycles. The van der Waals surface area contributed by atoms with Gasteiger partial charge < -0.3 is 15.0 Å². The Morgan fingerprint density at radius 1 is 1.26 bits per heavy atom. The Labute approximate surface area is 163 Å². The summed E-state index contributed by atoms with van der Waals surface area (Å²) in [5.41, 5.74) is 3.01. The number of methoxy groups -OCH3 is 1. The Hall–Kier alpha value is -2.60. The maximum absolute atomic E-state index is 12.7. The van der Waals surface area contributed by atoms with Crippen LogP contribution < -0.4 is 15.0 Å². The van der Waals surface area contributed by atoms with Gasteiger partial charge in [0.2, 0.25) is 5.91 Å². The molecule has 6 heteroatoms. The summed E-state index contributed by atoms with van der Waals surface area (Å²) in [5.74, 6) is 0.902. The van der Waals surface area contributed by atoms with E-state index in [9.17, 15) is 4.79 Å². The first kappa shape index (κ1) is 17.8. The highest BCUT2D eigenvalue weighted by atomic mass is 32.1.